The van der Waals surface area contributed by atoms with Crippen molar-refractivity contribution in [3.05, 3.63) is 106 Å². The predicted octanol–water partition coefficient (Wildman–Crippen LogP) is 7.11. The number of hydrogen-bond donors (Lipinski definition) is 2. The van der Waals surface area contributed by atoms with Gasteiger partial charge < -0.3 is 20.1 Å². The zero-order valence-electron chi connectivity index (χ0n) is 22.6. The maximum atomic E-state index is 12.9. The summed E-state index contributed by atoms with van der Waals surface area (Å²) in [7, 11) is 3.13. The average molecular weight is 509 g/mol. The Bertz CT molecular complexity index is 1370. The van der Waals surface area contributed by atoms with Crippen LogP contribution in [0.5, 0.6) is 11.5 Å². The molecule has 0 spiro atoms. The zero-order valence-corrected chi connectivity index (χ0v) is 22.6. The molecule has 6 heteroatoms. The molecule has 0 aliphatic heterocycles. The van der Waals surface area contributed by atoms with Gasteiger partial charge in [0.1, 0.15) is 11.5 Å². The monoisotopic (exact) mass is 508 g/mol. The second-order valence-corrected chi connectivity index (χ2v) is 9.49. The third-order valence-corrected chi connectivity index (χ3v) is 6.20. The molecule has 194 valence electrons. The van der Waals surface area contributed by atoms with Crippen LogP contribution in [0.3, 0.4) is 0 Å². The molecule has 4 rings (SSSR count). The van der Waals surface area contributed by atoms with Gasteiger partial charge in [-0.1, -0.05) is 46.5 Å². The van der Waals surface area contributed by atoms with Crippen molar-refractivity contribution in [2.45, 2.75) is 27.7 Å². The molecular formula is C32H32N2O4. The number of amides is 2. The molecule has 0 atom stereocenters. The molecule has 0 fully saturated rings. The van der Waals surface area contributed by atoms with Gasteiger partial charge in [-0.2, -0.15) is 0 Å². The number of aryl methyl sites for hydroxylation is 4. The highest BCUT2D eigenvalue weighted by molar-refractivity contribution is 6.06. The number of ether oxygens (including phenoxy) is 2. The van der Waals surface area contributed by atoms with E-state index in [0.29, 0.717) is 34.0 Å². The molecule has 0 bridgehead atoms. The highest BCUT2D eigenvalue weighted by atomic mass is 16.5. The molecular weight excluding hydrogens is 476 g/mol. The van der Waals surface area contributed by atoms with Gasteiger partial charge in [-0.3, -0.25) is 9.59 Å². The first-order chi connectivity index (χ1) is 18.2. The highest BCUT2D eigenvalue weighted by Gasteiger charge is 2.15. The zero-order chi connectivity index (χ0) is 27.4. The van der Waals surface area contributed by atoms with Crippen LogP contribution in [0.2, 0.25) is 0 Å². The van der Waals surface area contributed by atoms with E-state index < -0.39 is 0 Å². The summed E-state index contributed by atoms with van der Waals surface area (Å²) in [6, 6.07) is 22.6. The first kappa shape index (κ1) is 26.5. The topological polar surface area (TPSA) is 76.7 Å². The van der Waals surface area contributed by atoms with Gasteiger partial charge in [0.25, 0.3) is 11.8 Å². The first-order valence-electron chi connectivity index (χ1n) is 12.3. The van der Waals surface area contributed by atoms with E-state index in [-0.39, 0.29) is 11.8 Å². The van der Waals surface area contributed by atoms with E-state index >= 15 is 0 Å². The van der Waals surface area contributed by atoms with Crippen LogP contribution in [-0.4, -0.2) is 26.0 Å². The van der Waals surface area contributed by atoms with Gasteiger partial charge in [0, 0.05) is 11.1 Å². The van der Waals surface area contributed by atoms with Crippen LogP contribution in [0.1, 0.15) is 43.0 Å². The van der Waals surface area contributed by atoms with E-state index in [4.69, 9.17) is 9.47 Å². The Labute approximate surface area is 223 Å². The minimum Gasteiger partial charge on any atom is -0.495 e. The van der Waals surface area contributed by atoms with Crippen LogP contribution in [0.25, 0.3) is 11.1 Å². The minimum atomic E-state index is -0.201. The second-order valence-electron chi connectivity index (χ2n) is 9.49. The van der Waals surface area contributed by atoms with Crippen LogP contribution in [0.4, 0.5) is 11.4 Å². The molecule has 0 saturated carbocycles. The molecule has 0 aliphatic carbocycles. The van der Waals surface area contributed by atoms with E-state index in [0.717, 1.165) is 33.4 Å². The predicted molar refractivity (Wildman–Crippen MR) is 153 cm³/mol. The molecule has 4 aromatic rings. The molecule has 0 saturated heterocycles. The first-order valence-corrected chi connectivity index (χ1v) is 12.3. The van der Waals surface area contributed by atoms with E-state index in [1.165, 1.54) is 0 Å². The van der Waals surface area contributed by atoms with Gasteiger partial charge in [0.2, 0.25) is 0 Å². The van der Waals surface area contributed by atoms with Crippen molar-refractivity contribution in [1.82, 2.24) is 0 Å². The number of anilines is 2. The van der Waals surface area contributed by atoms with Crippen molar-refractivity contribution in [3.8, 4) is 22.6 Å². The molecule has 6 nitrogen and oxygen atoms in total. The quantitative estimate of drug-likeness (QED) is 0.279. The van der Waals surface area contributed by atoms with Crippen LogP contribution < -0.4 is 20.1 Å². The Morgan fingerprint density at radius 1 is 0.526 bits per heavy atom. The highest BCUT2D eigenvalue weighted by Crippen LogP contribution is 2.35. The Balaban J connectivity index is 1.57. The number of methoxy groups -OCH3 is 2. The van der Waals surface area contributed by atoms with Crippen molar-refractivity contribution in [2.24, 2.45) is 0 Å². The summed E-state index contributed by atoms with van der Waals surface area (Å²) in [6.45, 7) is 7.86. The molecule has 0 radical (unpaired) electrons. The fraction of sp³-hybridized carbons (Fsp3) is 0.188. The molecule has 0 aliphatic rings. The lowest BCUT2D eigenvalue weighted by atomic mass is 10.0. The summed E-state index contributed by atoms with van der Waals surface area (Å²) in [6.07, 6.45) is 0. The lowest BCUT2D eigenvalue weighted by Gasteiger charge is -2.15. The van der Waals surface area contributed by atoms with Crippen molar-refractivity contribution in [2.75, 3.05) is 24.9 Å². The number of benzene rings is 4. The number of rotatable bonds is 7. The Morgan fingerprint density at radius 2 is 0.868 bits per heavy atom. The molecule has 2 amide bonds. The van der Waals surface area contributed by atoms with Gasteiger partial charge in [0.05, 0.1) is 25.6 Å². The van der Waals surface area contributed by atoms with Gasteiger partial charge in [-0.15, -0.1) is 0 Å². The Morgan fingerprint density at radius 3 is 1.18 bits per heavy atom. The maximum absolute atomic E-state index is 12.9. The van der Waals surface area contributed by atoms with Crippen LogP contribution in [0, 0.1) is 27.7 Å². The summed E-state index contributed by atoms with van der Waals surface area (Å²) in [5.74, 6) is 0.666. The molecule has 38 heavy (non-hydrogen) atoms. The normalized spacial score (nSPS) is 10.6. The van der Waals surface area contributed by atoms with Gasteiger partial charge >= 0.3 is 0 Å². The fourth-order valence-electron chi connectivity index (χ4n) is 4.55. The van der Waals surface area contributed by atoms with Crippen molar-refractivity contribution in [3.63, 3.8) is 0 Å². The second kappa shape index (κ2) is 11.2. The van der Waals surface area contributed by atoms with Crippen molar-refractivity contribution in [1.29, 1.82) is 0 Å². The Kier molecular flexibility index (Phi) is 7.82. The summed E-state index contributed by atoms with van der Waals surface area (Å²) < 4.78 is 11.2. The van der Waals surface area contributed by atoms with E-state index in [9.17, 15) is 9.59 Å². The smallest absolute Gasteiger partial charge is 0.255 e. The van der Waals surface area contributed by atoms with E-state index in [2.05, 4.69) is 10.6 Å². The van der Waals surface area contributed by atoms with Crippen molar-refractivity contribution >= 4 is 23.2 Å². The number of carbonyl (C=O) groups is 2. The van der Waals surface area contributed by atoms with Crippen LogP contribution >= 0.6 is 0 Å². The average Bonchev–Trinajstić information content (AvgIpc) is 2.88. The van der Waals surface area contributed by atoms with Crippen molar-refractivity contribution < 1.29 is 19.1 Å². The largest absolute Gasteiger partial charge is 0.495 e. The van der Waals surface area contributed by atoms with Crippen LogP contribution in [-0.2, 0) is 0 Å². The lowest BCUT2D eigenvalue weighted by Crippen LogP contribution is -2.13. The van der Waals surface area contributed by atoms with E-state index in [1.807, 2.05) is 100 Å². The van der Waals surface area contributed by atoms with Gasteiger partial charge in [-0.05, 0) is 87.4 Å². The summed E-state index contributed by atoms with van der Waals surface area (Å²) in [5.41, 5.74) is 8.19. The third kappa shape index (κ3) is 6.03. The van der Waals surface area contributed by atoms with Gasteiger partial charge in [-0.25, -0.2) is 0 Å². The fourth-order valence-corrected chi connectivity index (χ4v) is 4.55. The standard InChI is InChI=1S/C32H32N2O4/c1-19-11-20(2)14-25(13-19)31(35)33-27-9-7-23(17-29(27)37-5)24-8-10-28(30(18-24)38-6)34-32(36)26-15-21(3)12-22(4)16-26/h7-18H,1-6H3,(H,33,35)(H,34,36). The molecule has 0 unspecified atom stereocenters. The number of carbonyl (C=O) groups excluding carboxylic acids is 2. The Hall–Kier alpha value is -4.58. The molecule has 0 aromatic heterocycles. The van der Waals surface area contributed by atoms with Crippen LogP contribution in [0.15, 0.2) is 72.8 Å². The minimum absolute atomic E-state index is 0.201. The van der Waals surface area contributed by atoms with Gasteiger partial charge in [0.15, 0.2) is 0 Å². The lowest BCUT2D eigenvalue weighted by molar-refractivity contribution is 0.101. The summed E-state index contributed by atoms with van der Waals surface area (Å²) in [4.78, 5) is 25.7. The number of nitrogens with one attached hydrogen (secondary N) is 2. The summed E-state index contributed by atoms with van der Waals surface area (Å²) in [5, 5.41) is 5.90. The number of hydrogen-bond acceptors (Lipinski definition) is 4. The van der Waals surface area contributed by atoms with E-state index in [1.54, 1.807) is 14.2 Å². The molecule has 0 heterocycles. The molecule has 4 aromatic carbocycles. The summed E-state index contributed by atoms with van der Waals surface area (Å²) >= 11 is 0. The molecule has 2 N–H and O–H groups in total. The SMILES string of the molecule is COc1cc(-c2ccc(NC(=O)c3cc(C)cc(C)c3)c(OC)c2)ccc1NC(=O)c1cc(C)cc(C)c1. The maximum Gasteiger partial charge on any atom is 0.255 e. The third-order valence-electron chi connectivity index (χ3n) is 6.20.